The van der Waals surface area contributed by atoms with Crippen LogP contribution in [0, 0.1) is 5.92 Å². The van der Waals surface area contributed by atoms with Crippen molar-refractivity contribution in [1.82, 2.24) is 10.1 Å². The topological polar surface area (TPSA) is 85.5 Å². The first-order valence-electron chi connectivity index (χ1n) is 7.78. The molecular weight excluding hydrogens is 272 g/mol. The molecular formula is C15H22N2O4. The molecule has 1 aromatic rings. The molecule has 2 aliphatic carbocycles. The predicted octanol–water partition coefficient (Wildman–Crippen LogP) is 2.84. The lowest BCUT2D eigenvalue weighted by atomic mass is 9.84. The van der Waals surface area contributed by atoms with Gasteiger partial charge in [0.05, 0.1) is 11.8 Å². The van der Waals surface area contributed by atoms with Crippen LogP contribution < -0.4 is 0 Å². The van der Waals surface area contributed by atoms with E-state index >= 15 is 0 Å². The summed E-state index contributed by atoms with van der Waals surface area (Å²) in [6.45, 7) is 0. The van der Waals surface area contributed by atoms with E-state index in [1.165, 1.54) is 6.42 Å². The molecule has 6 heteroatoms. The SMILES string of the molecule is COC1(c2noc(C3CCCC3C(=O)O)n2)CCCCC1. The number of ether oxygens (including phenoxy) is 1. The standard InChI is InChI=1S/C15H22N2O4/c1-20-15(8-3-2-4-9-15)14-16-12(21-17-14)10-6-5-7-11(10)13(18)19/h10-11H,2-9H2,1H3,(H,18,19). The van der Waals surface area contributed by atoms with Gasteiger partial charge in [0.25, 0.3) is 0 Å². The number of carboxylic acids is 1. The minimum absolute atomic E-state index is 0.152. The smallest absolute Gasteiger partial charge is 0.307 e. The molecule has 0 aliphatic heterocycles. The summed E-state index contributed by atoms with van der Waals surface area (Å²) in [5, 5.41) is 13.4. The van der Waals surface area contributed by atoms with Gasteiger partial charge < -0.3 is 14.4 Å². The van der Waals surface area contributed by atoms with E-state index in [1.54, 1.807) is 7.11 Å². The maximum Gasteiger partial charge on any atom is 0.307 e. The Bertz CT molecular complexity index is 508. The summed E-state index contributed by atoms with van der Waals surface area (Å²) in [5.74, 6) is -0.256. The van der Waals surface area contributed by atoms with Gasteiger partial charge in [-0.3, -0.25) is 4.79 Å². The number of nitrogens with zero attached hydrogens (tertiary/aromatic N) is 2. The Kier molecular flexibility index (Phi) is 3.97. The Morgan fingerprint density at radius 1 is 1.29 bits per heavy atom. The largest absolute Gasteiger partial charge is 0.481 e. The zero-order chi connectivity index (χ0) is 14.9. The van der Waals surface area contributed by atoms with Crippen LogP contribution >= 0.6 is 0 Å². The van der Waals surface area contributed by atoms with Crippen molar-refractivity contribution in [2.75, 3.05) is 7.11 Å². The van der Waals surface area contributed by atoms with E-state index in [0.29, 0.717) is 18.1 Å². The van der Waals surface area contributed by atoms with E-state index < -0.39 is 17.5 Å². The number of hydrogen-bond donors (Lipinski definition) is 1. The van der Waals surface area contributed by atoms with Crippen molar-refractivity contribution in [2.24, 2.45) is 5.92 Å². The van der Waals surface area contributed by atoms with Crippen molar-refractivity contribution in [3.63, 3.8) is 0 Å². The molecule has 0 saturated heterocycles. The summed E-state index contributed by atoms with van der Waals surface area (Å²) in [6, 6.07) is 0. The van der Waals surface area contributed by atoms with E-state index in [-0.39, 0.29) is 5.92 Å². The van der Waals surface area contributed by atoms with Crippen molar-refractivity contribution in [1.29, 1.82) is 0 Å². The van der Waals surface area contributed by atoms with Gasteiger partial charge in [-0.25, -0.2) is 0 Å². The van der Waals surface area contributed by atoms with Gasteiger partial charge in [-0.2, -0.15) is 4.98 Å². The highest BCUT2D eigenvalue weighted by Crippen LogP contribution is 2.42. The summed E-state index contributed by atoms with van der Waals surface area (Å²) in [6.07, 6.45) is 7.59. The van der Waals surface area contributed by atoms with Gasteiger partial charge in [0, 0.05) is 7.11 Å². The van der Waals surface area contributed by atoms with E-state index in [9.17, 15) is 9.90 Å². The summed E-state index contributed by atoms with van der Waals surface area (Å²) < 4.78 is 11.1. The molecule has 3 rings (SSSR count). The average molecular weight is 294 g/mol. The van der Waals surface area contributed by atoms with Gasteiger partial charge >= 0.3 is 5.97 Å². The van der Waals surface area contributed by atoms with Gasteiger partial charge in [0.2, 0.25) is 11.7 Å². The van der Waals surface area contributed by atoms with Crippen LogP contribution in [-0.2, 0) is 15.1 Å². The minimum atomic E-state index is -0.767. The van der Waals surface area contributed by atoms with E-state index in [2.05, 4.69) is 10.1 Å². The van der Waals surface area contributed by atoms with Crippen LogP contribution in [0.15, 0.2) is 4.52 Å². The van der Waals surface area contributed by atoms with Crippen LogP contribution in [0.4, 0.5) is 0 Å². The van der Waals surface area contributed by atoms with E-state index in [1.807, 2.05) is 0 Å². The lowest BCUT2D eigenvalue weighted by molar-refractivity contribution is -0.142. The lowest BCUT2D eigenvalue weighted by Crippen LogP contribution is -2.32. The Labute approximate surface area is 123 Å². The molecule has 0 amide bonds. The van der Waals surface area contributed by atoms with E-state index in [0.717, 1.165) is 38.5 Å². The molecule has 21 heavy (non-hydrogen) atoms. The molecule has 2 atom stereocenters. The summed E-state index contributed by atoms with van der Waals surface area (Å²) in [5.41, 5.74) is -0.447. The third-order valence-corrected chi connectivity index (χ3v) is 5.05. The van der Waals surface area contributed by atoms with Crippen LogP contribution in [0.2, 0.25) is 0 Å². The highest BCUT2D eigenvalue weighted by Gasteiger charge is 2.42. The number of carboxylic acid groups (broad SMARTS) is 1. The number of methoxy groups -OCH3 is 1. The Morgan fingerprint density at radius 3 is 2.71 bits per heavy atom. The Hall–Kier alpha value is -1.43. The highest BCUT2D eigenvalue weighted by atomic mass is 16.5. The lowest BCUT2D eigenvalue weighted by Gasteiger charge is -2.32. The first-order chi connectivity index (χ1) is 10.2. The Balaban J connectivity index is 1.84. The fourth-order valence-electron chi connectivity index (χ4n) is 3.76. The van der Waals surface area contributed by atoms with Crippen LogP contribution in [0.5, 0.6) is 0 Å². The summed E-state index contributed by atoms with van der Waals surface area (Å²) in [4.78, 5) is 15.8. The third kappa shape index (κ3) is 2.57. The molecule has 1 aromatic heterocycles. The zero-order valence-electron chi connectivity index (χ0n) is 12.4. The molecule has 0 radical (unpaired) electrons. The molecule has 2 saturated carbocycles. The Morgan fingerprint density at radius 2 is 2.05 bits per heavy atom. The molecule has 1 heterocycles. The second kappa shape index (κ2) is 5.75. The molecule has 0 aromatic carbocycles. The van der Waals surface area contributed by atoms with Gasteiger partial charge in [-0.1, -0.05) is 30.8 Å². The van der Waals surface area contributed by atoms with E-state index in [4.69, 9.17) is 9.26 Å². The van der Waals surface area contributed by atoms with Crippen LogP contribution in [0.25, 0.3) is 0 Å². The van der Waals surface area contributed by atoms with Crippen molar-refractivity contribution >= 4 is 5.97 Å². The highest BCUT2D eigenvalue weighted by molar-refractivity contribution is 5.71. The monoisotopic (exact) mass is 294 g/mol. The normalized spacial score (nSPS) is 28.6. The molecule has 116 valence electrons. The van der Waals surface area contributed by atoms with Crippen LogP contribution in [0.3, 0.4) is 0 Å². The number of hydrogen-bond acceptors (Lipinski definition) is 5. The maximum absolute atomic E-state index is 11.3. The number of aromatic nitrogens is 2. The second-order valence-corrected chi connectivity index (χ2v) is 6.20. The van der Waals surface area contributed by atoms with Crippen LogP contribution in [0.1, 0.15) is 69.0 Å². The van der Waals surface area contributed by atoms with Gasteiger partial charge in [0.1, 0.15) is 5.60 Å². The fourth-order valence-corrected chi connectivity index (χ4v) is 3.76. The summed E-state index contributed by atoms with van der Waals surface area (Å²) in [7, 11) is 1.69. The molecule has 0 bridgehead atoms. The number of aliphatic carboxylic acids is 1. The molecule has 2 aliphatic rings. The maximum atomic E-state index is 11.3. The zero-order valence-corrected chi connectivity index (χ0v) is 12.4. The second-order valence-electron chi connectivity index (χ2n) is 6.20. The quantitative estimate of drug-likeness (QED) is 0.919. The molecule has 2 unspecified atom stereocenters. The molecule has 2 fully saturated rings. The number of carbonyl (C=O) groups is 1. The van der Waals surface area contributed by atoms with Crippen molar-refractivity contribution < 1.29 is 19.2 Å². The van der Waals surface area contributed by atoms with Crippen LogP contribution in [-0.4, -0.2) is 28.3 Å². The molecule has 6 nitrogen and oxygen atoms in total. The van der Waals surface area contributed by atoms with Crippen molar-refractivity contribution in [3.8, 4) is 0 Å². The molecule has 1 N–H and O–H groups in total. The summed E-state index contributed by atoms with van der Waals surface area (Å²) >= 11 is 0. The van der Waals surface area contributed by atoms with Gasteiger partial charge in [0.15, 0.2) is 0 Å². The molecule has 0 spiro atoms. The fraction of sp³-hybridized carbons (Fsp3) is 0.800. The first-order valence-corrected chi connectivity index (χ1v) is 7.78. The van der Waals surface area contributed by atoms with Gasteiger partial charge in [-0.15, -0.1) is 0 Å². The predicted molar refractivity (Wildman–Crippen MR) is 73.8 cm³/mol. The van der Waals surface area contributed by atoms with Crippen molar-refractivity contribution in [2.45, 2.75) is 62.9 Å². The third-order valence-electron chi connectivity index (χ3n) is 5.05. The minimum Gasteiger partial charge on any atom is -0.481 e. The van der Waals surface area contributed by atoms with Gasteiger partial charge in [-0.05, 0) is 25.7 Å². The first kappa shape index (κ1) is 14.5. The van der Waals surface area contributed by atoms with Crippen molar-refractivity contribution in [3.05, 3.63) is 11.7 Å². The number of rotatable bonds is 4. The average Bonchev–Trinajstić information content (AvgIpc) is 3.16.